The van der Waals surface area contributed by atoms with Crippen molar-refractivity contribution in [1.29, 1.82) is 0 Å². The fourth-order valence-corrected chi connectivity index (χ4v) is 4.80. The van der Waals surface area contributed by atoms with Gasteiger partial charge in [0, 0.05) is 19.4 Å². The van der Waals surface area contributed by atoms with E-state index in [0.717, 1.165) is 24.7 Å². The van der Waals surface area contributed by atoms with Crippen LogP contribution in [0.3, 0.4) is 0 Å². The van der Waals surface area contributed by atoms with E-state index in [2.05, 4.69) is 10.2 Å². The van der Waals surface area contributed by atoms with Crippen molar-refractivity contribution in [2.45, 2.75) is 58.0 Å². The van der Waals surface area contributed by atoms with E-state index >= 15 is 0 Å². The van der Waals surface area contributed by atoms with Crippen LogP contribution in [0.15, 0.2) is 4.42 Å². The number of fused-ring (bicyclic) bond motifs is 1. The van der Waals surface area contributed by atoms with Crippen LogP contribution in [-0.4, -0.2) is 40.7 Å². The van der Waals surface area contributed by atoms with E-state index in [4.69, 9.17) is 9.15 Å². The van der Waals surface area contributed by atoms with Gasteiger partial charge >= 0.3 is 0 Å². The minimum Gasteiger partial charge on any atom is -0.423 e. The van der Waals surface area contributed by atoms with Crippen LogP contribution in [0.4, 0.5) is 0 Å². The molecule has 1 aromatic rings. The molecule has 4 rings (SSSR count). The van der Waals surface area contributed by atoms with Crippen molar-refractivity contribution in [2.75, 3.05) is 19.7 Å². The second-order valence-corrected chi connectivity index (χ2v) is 7.62. The van der Waals surface area contributed by atoms with Gasteiger partial charge in [-0.2, -0.15) is 0 Å². The van der Waals surface area contributed by atoms with Gasteiger partial charge in [0.05, 0.1) is 13.2 Å². The zero-order valence-electron chi connectivity index (χ0n) is 14.4. The van der Waals surface area contributed by atoms with Crippen LogP contribution in [0.2, 0.25) is 0 Å². The topological polar surface area (TPSA) is 68.5 Å². The lowest BCUT2D eigenvalue weighted by molar-refractivity contribution is -0.146. The Balaban J connectivity index is 1.38. The molecule has 2 heterocycles. The maximum atomic E-state index is 13.0. The fourth-order valence-electron chi connectivity index (χ4n) is 4.80. The first-order chi connectivity index (χ1) is 11.7. The molecule has 132 valence electrons. The van der Waals surface area contributed by atoms with Gasteiger partial charge in [0.1, 0.15) is 0 Å². The second kappa shape index (κ2) is 6.82. The van der Waals surface area contributed by atoms with Gasteiger partial charge in [-0.3, -0.25) is 4.79 Å². The Labute approximate surface area is 142 Å². The summed E-state index contributed by atoms with van der Waals surface area (Å²) in [5.74, 6) is 3.18. The molecule has 2 saturated carbocycles. The van der Waals surface area contributed by atoms with Gasteiger partial charge in [-0.05, 0) is 31.1 Å². The summed E-state index contributed by atoms with van der Waals surface area (Å²) < 4.78 is 11.2. The molecule has 0 radical (unpaired) electrons. The first kappa shape index (κ1) is 16.1. The minimum absolute atomic E-state index is 0.201. The maximum Gasteiger partial charge on any atom is 0.246 e. The Morgan fingerprint density at radius 3 is 2.75 bits per heavy atom. The van der Waals surface area contributed by atoms with Crippen LogP contribution in [0.5, 0.6) is 0 Å². The zero-order chi connectivity index (χ0) is 16.5. The summed E-state index contributed by atoms with van der Waals surface area (Å²) in [5.41, 5.74) is 0. The number of hydrogen-bond acceptors (Lipinski definition) is 5. The number of carbonyl (C=O) groups excluding carboxylic acids is 1. The van der Waals surface area contributed by atoms with Crippen LogP contribution in [0, 0.1) is 24.7 Å². The first-order valence-electron chi connectivity index (χ1n) is 9.41. The molecule has 6 heteroatoms. The lowest BCUT2D eigenvalue weighted by atomic mass is 9.67. The number of aryl methyl sites for hydroxylation is 1. The molecule has 0 N–H and O–H groups in total. The van der Waals surface area contributed by atoms with Crippen molar-refractivity contribution in [3.05, 3.63) is 11.8 Å². The number of amides is 1. The van der Waals surface area contributed by atoms with Gasteiger partial charge in [0.2, 0.25) is 17.7 Å². The molecule has 24 heavy (non-hydrogen) atoms. The average molecular weight is 333 g/mol. The molecule has 0 bridgehead atoms. The smallest absolute Gasteiger partial charge is 0.246 e. The van der Waals surface area contributed by atoms with E-state index in [1.165, 1.54) is 32.1 Å². The van der Waals surface area contributed by atoms with Gasteiger partial charge in [-0.1, -0.05) is 25.7 Å². The molecular formula is C18H27N3O3. The minimum atomic E-state index is -0.282. The number of carbonyl (C=O) groups is 1. The number of morpholine rings is 1. The SMILES string of the molecule is Cc1nnc([C@@H]2CN(C(=O)[C@@H]3CC[C@H]4CCCC[C@@H]4C3)CCO2)o1. The summed E-state index contributed by atoms with van der Waals surface area (Å²) in [6, 6.07) is 0. The third kappa shape index (κ3) is 3.21. The van der Waals surface area contributed by atoms with Crippen LogP contribution in [0.25, 0.3) is 0 Å². The van der Waals surface area contributed by atoms with Crippen LogP contribution < -0.4 is 0 Å². The van der Waals surface area contributed by atoms with Gasteiger partial charge in [0.25, 0.3) is 0 Å². The normalized spacial score (nSPS) is 34.0. The largest absolute Gasteiger partial charge is 0.423 e. The predicted octanol–water partition coefficient (Wildman–Crippen LogP) is 2.88. The van der Waals surface area contributed by atoms with Crippen molar-refractivity contribution in [3.63, 3.8) is 0 Å². The molecule has 1 aliphatic heterocycles. The average Bonchev–Trinajstić information content (AvgIpc) is 3.07. The molecule has 2 aliphatic carbocycles. The van der Waals surface area contributed by atoms with Crippen molar-refractivity contribution in [3.8, 4) is 0 Å². The molecule has 0 spiro atoms. The van der Waals surface area contributed by atoms with E-state index in [-0.39, 0.29) is 12.0 Å². The van der Waals surface area contributed by atoms with Crippen LogP contribution >= 0.6 is 0 Å². The third-order valence-electron chi connectivity index (χ3n) is 6.08. The second-order valence-electron chi connectivity index (χ2n) is 7.62. The quantitative estimate of drug-likeness (QED) is 0.832. The van der Waals surface area contributed by atoms with Gasteiger partial charge in [-0.25, -0.2) is 0 Å². The molecule has 4 atom stereocenters. The van der Waals surface area contributed by atoms with Crippen molar-refractivity contribution in [1.82, 2.24) is 15.1 Å². The van der Waals surface area contributed by atoms with E-state index in [0.29, 0.717) is 37.4 Å². The molecule has 1 saturated heterocycles. The Hall–Kier alpha value is -1.43. The van der Waals surface area contributed by atoms with Crippen molar-refractivity contribution >= 4 is 5.91 Å². The third-order valence-corrected chi connectivity index (χ3v) is 6.08. The standard InChI is InChI=1S/C18H27N3O3/c1-12-19-20-17(24-12)16-11-21(8-9-23-16)18(22)15-7-6-13-4-2-3-5-14(13)10-15/h13-16H,2-11H2,1H3/t13-,14-,15-,16+/m1/s1. The van der Waals surface area contributed by atoms with E-state index < -0.39 is 0 Å². The number of hydrogen-bond donors (Lipinski definition) is 0. The number of ether oxygens (including phenoxy) is 1. The molecule has 3 aliphatic rings. The highest BCUT2D eigenvalue weighted by Gasteiger charge is 2.38. The summed E-state index contributed by atoms with van der Waals surface area (Å²) in [7, 11) is 0. The molecule has 1 amide bonds. The lowest BCUT2D eigenvalue weighted by Crippen LogP contribution is -2.46. The molecule has 3 fully saturated rings. The fraction of sp³-hybridized carbons (Fsp3) is 0.833. The van der Waals surface area contributed by atoms with Crippen LogP contribution in [0.1, 0.15) is 62.8 Å². The van der Waals surface area contributed by atoms with E-state index in [1.54, 1.807) is 6.92 Å². The molecular weight excluding hydrogens is 306 g/mol. The summed E-state index contributed by atoms with van der Waals surface area (Å²) in [6.07, 6.45) is 8.52. The summed E-state index contributed by atoms with van der Waals surface area (Å²) >= 11 is 0. The highest BCUT2D eigenvalue weighted by molar-refractivity contribution is 5.79. The van der Waals surface area contributed by atoms with E-state index in [1.807, 2.05) is 4.90 Å². The number of aromatic nitrogens is 2. The Bertz CT molecular complexity index is 588. The van der Waals surface area contributed by atoms with Gasteiger partial charge in [-0.15, -0.1) is 10.2 Å². The summed E-state index contributed by atoms with van der Waals surface area (Å²) in [4.78, 5) is 15.0. The monoisotopic (exact) mass is 333 g/mol. The summed E-state index contributed by atoms with van der Waals surface area (Å²) in [5, 5.41) is 7.92. The van der Waals surface area contributed by atoms with Gasteiger partial charge < -0.3 is 14.1 Å². The maximum absolute atomic E-state index is 13.0. The molecule has 1 aromatic heterocycles. The summed E-state index contributed by atoms with van der Waals surface area (Å²) in [6.45, 7) is 3.51. The zero-order valence-corrected chi connectivity index (χ0v) is 14.4. The number of nitrogens with zero attached hydrogens (tertiary/aromatic N) is 3. The molecule has 6 nitrogen and oxygen atoms in total. The van der Waals surface area contributed by atoms with Crippen LogP contribution in [-0.2, 0) is 9.53 Å². The predicted molar refractivity (Wildman–Crippen MR) is 87.1 cm³/mol. The lowest BCUT2D eigenvalue weighted by Gasteiger charge is -2.41. The van der Waals surface area contributed by atoms with Crippen molar-refractivity contribution in [2.24, 2.45) is 17.8 Å². The first-order valence-corrected chi connectivity index (χ1v) is 9.41. The molecule has 0 unspecified atom stereocenters. The Morgan fingerprint density at radius 1 is 1.12 bits per heavy atom. The van der Waals surface area contributed by atoms with Gasteiger partial charge in [0.15, 0.2) is 6.10 Å². The van der Waals surface area contributed by atoms with E-state index in [9.17, 15) is 4.79 Å². The highest BCUT2D eigenvalue weighted by Crippen LogP contribution is 2.43. The van der Waals surface area contributed by atoms with Crippen molar-refractivity contribution < 1.29 is 13.9 Å². The number of rotatable bonds is 2. The molecule has 0 aromatic carbocycles. The Kier molecular flexibility index (Phi) is 4.57. The highest BCUT2D eigenvalue weighted by atomic mass is 16.5. The Morgan fingerprint density at radius 2 is 1.96 bits per heavy atom.